The molecule has 9 nitrogen and oxygen atoms in total. The van der Waals surface area contributed by atoms with Crippen LogP contribution in [0, 0.1) is 6.92 Å². The Kier molecular flexibility index (Phi) is 4.39. The molecule has 0 saturated heterocycles. The van der Waals surface area contributed by atoms with Gasteiger partial charge in [0.25, 0.3) is 0 Å². The van der Waals surface area contributed by atoms with Gasteiger partial charge in [0, 0.05) is 13.5 Å². The van der Waals surface area contributed by atoms with Gasteiger partial charge in [0.05, 0.1) is 6.61 Å². The zero-order valence-electron chi connectivity index (χ0n) is 13.2. The lowest BCUT2D eigenvalue weighted by molar-refractivity contribution is -0.141. The average molecular weight is 323 g/mol. The second-order valence-corrected chi connectivity index (χ2v) is 4.70. The molecule has 0 fully saturated rings. The van der Waals surface area contributed by atoms with Crippen LogP contribution in [0.3, 0.4) is 0 Å². The van der Waals surface area contributed by atoms with E-state index in [2.05, 4.69) is 4.98 Å². The van der Waals surface area contributed by atoms with E-state index in [9.17, 15) is 19.5 Å². The number of hydrogen-bond donors (Lipinski definition) is 1. The number of rotatable bonds is 4. The Morgan fingerprint density at radius 2 is 1.96 bits per heavy atom. The van der Waals surface area contributed by atoms with E-state index in [0.29, 0.717) is 17.1 Å². The van der Waals surface area contributed by atoms with Crippen molar-refractivity contribution < 1.29 is 24.3 Å². The molecule has 0 unspecified atom stereocenters. The third-order valence-electron chi connectivity index (χ3n) is 3.21. The third-order valence-corrected chi connectivity index (χ3v) is 3.21. The maximum absolute atomic E-state index is 12.4. The molecule has 0 spiro atoms. The minimum absolute atomic E-state index is 0.0232. The lowest BCUT2D eigenvalue weighted by Gasteiger charge is -2.11. The quantitative estimate of drug-likeness (QED) is 0.809. The van der Waals surface area contributed by atoms with Gasteiger partial charge >= 0.3 is 17.5 Å². The fraction of sp³-hybridized carbons (Fsp3) is 0.429. The second kappa shape index (κ2) is 6.11. The van der Waals surface area contributed by atoms with Crippen molar-refractivity contribution in [3.8, 4) is 5.75 Å². The van der Waals surface area contributed by atoms with Gasteiger partial charge in [0.2, 0.25) is 5.65 Å². The molecule has 0 bridgehead atoms. The molecule has 124 valence electrons. The van der Waals surface area contributed by atoms with Crippen LogP contribution in [0.5, 0.6) is 5.75 Å². The van der Waals surface area contributed by atoms with Gasteiger partial charge in [-0.05, 0) is 20.8 Å². The molecule has 9 heteroatoms. The van der Waals surface area contributed by atoms with Crippen LogP contribution in [-0.4, -0.2) is 37.9 Å². The number of hydrogen-bond acceptors (Lipinski definition) is 7. The van der Waals surface area contributed by atoms with Crippen LogP contribution in [-0.2, 0) is 16.1 Å². The second-order valence-electron chi connectivity index (χ2n) is 4.70. The summed E-state index contributed by atoms with van der Waals surface area (Å²) in [5, 5.41) is 10.4. The number of carbonyl (C=O) groups excluding carboxylic acids is 2. The van der Waals surface area contributed by atoms with Crippen molar-refractivity contribution in [2.24, 2.45) is 0 Å². The topological polar surface area (TPSA) is 113 Å². The van der Waals surface area contributed by atoms with Crippen LogP contribution in [0.1, 0.15) is 37.0 Å². The number of carbonyl (C=O) groups is 2. The Morgan fingerprint density at radius 3 is 2.48 bits per heavy atom. The molecule has 1 N–H and O–H groups in total. The number of aryl methyl sites for hydroxylation is 2. The van der Waals surface area contributed by atoms with Crippen LogP contribution in [0.25, 0.3) is 11.2 Å². The van der Waals surface area contributed by atoms with E-state index < -0.39 is 28.8 Å². The van der Waals surface area contributed by atoms with Gasteiger partial charge in [0.15, 0.2) is 11.3 Å². The van der Waals surface area contributed by atoms with E-state index in [1.54, 1.807) is 25.3 Å². The maximum Gasteiger partial charge on any atom is 0.347 e. The highest BCUT2D eigenvalue weighted by atomic mass is 16.7. The predicted octanol–water partition coefficient (Wildman–Crippen LogP) is 0.384. The highest BCUT2D eigenvalue weighted by molar-refractivity contribution is 5.98. The van der Waals surface area contributed by atoms with Crippen molar-refractivity contribution in [2.45, 2.75) is 34.2 Å². The van der Waals surface area contributed by atoms with Crippen molar-refractivity contribution in [1.29, 1.82) is 0 Å². The van der Waals surface area contributed by atoms with Crippen LogP contribution in [0.15, 0.2) is 4.79 Å². The van der Waals surface area contributed by atoms with Gasteiger partial charge in [-0.2, -0.15) is 0 Å². The van der Waals surface area contributed by atoms with Gasteiger partial charge in [0.1, 0.15) is 11.3 Å². The molecule has 23 heavy (non-hydrogen) atoms. The van der Waals surface area contributed by atoms with Gasteiger partial charge in [-0.15, -0.1) is 4.73 Å². The number of fused-ring (bicyclic) bond motifs is 1. The molecule has 2 aromatic heterocycles. The number of esters is 1. The molecule has 2 rings (SSSR count). The SMILES string of the molecule is CCOC(=O)c1c(O)c2c(nc(C)n2CC)n(OC(C)=O)c1=O. The Bertz CT molecular complexity index is 849. The zero-order valence-corrected chi connectivity index (χ0v) is 13.2. The Labute approximate surface area is 131 Å². The average Bonchev–Trinajstić information content (AvgIpc) is 2.80. The number of ether oxygens (including phenoxy) is 1. The first kappa shape index (κ1) is 16.5. The predicted molar refractivity (Wildman–Crippen MR) is 79.3 cm³/mol. The standard InChI is InChI=1S/C14H17N3O6/c1-5-16-7(3)15-12-10(16)11(19)9(14(21)22-6-2)13(20)17(12)23-8(4)18/h19H,5-6H2,1-4H3. The summed E-state index contributed by atoms with van der Waals surface area (Å²) in [5.74, 6) is -1.83. The first-order valence-corrected chi connectivity index (χ1v) is 7.04. The summed E-state index contributed by atoms with van der Waals surface area (Å²) in [5.41, 5.74) is -1.54. The van der Waals surface area contributed by atoms with E-state index in [4.69, 9.17) is 9.57 Å². The third kappa shape index (κ3) is 2.65. The highest BCUT2D eigenvalue weighted by Gasteiger charge is 2.28. The van der Waals surface area contributed by atoms with E-state index in [1.807, 2.05) is 0 Å². The van der Waals surface area contributed by atoms with Crippen molar-refractivity contribution >= 4 is 23.1 Å². The highest BCUT2D eigenvalue weighted by Crippen LogP contribution is 2.27. The summed E-state index contributed by atoms with van der Waals surface area (Å²) in [6, 6.07) is 0. The monoisotopic (exact) mass is 323 g/mol. The number of nitrogens with zero attached hydrogens (tertiary/aromatic N) is 3. The molecule has 0 amide bonds. The van der Waals surface area contributed by atoms with Crippen molar-refractivity contribution in [1.82, 2.24) is 14.3 Å². The molecule has 0 saturated carbocycles. The van der Waals surface area contributed by atoms with Crippen LogP contribution in [0.2, 0.25) is 0 Å². The lowest BCUT2D eigenvalue weighted by atomic mass is 10.2. The van der Waals surface area contributed by atoms with E-state index in [1.165, 1.54) is 0 Å². The molecular weight excluding hydrogens is 306 g/mol. The largest absolute Gasteiger partial charge is 0.505 e. The summed E-state index contributed by atoms with van der Waals surface area (Å²) >= 11 is 0. The van der Waals surface area contributed by atoms with Gasteiger partial charge in [-0.25, -0.2) is 14.6 Å². The van der Waals surface area contributed by atoms with Crippen LogP contribution < -0.4 is 10.4 Å². The summed E-state index contributed by atoms with van der Waals surface area (Å²) in [7, 11) is 0. The molecule has 2 aromatic rings. The van der Waals surface area contributed by atoms with Crippen LogP contribution in [0.4, 0.5) is 0 Å². The lowest BCUT2D eigenvalue weighted by Crippen LogP contribution is -2.34. The van der Waals surface area contributed by atoms with E-state index in [-0.39, 0.29) is 17.8 Å². The van der Waals surface area contributed by atoms with Crippen molar-refractivity contribution in [3.63, 3.8) is 0 Å². The number of imidazole rings is 1. The van der Waals surface area contributed by atoms with Crippen LogP contribution >= 0.6 is 0 Å². The minimum Gasteiger partial charge on any atom is -0.505 e. The molecule has 0 radical (unpaired) electrons. The summed E-state index contributed by atoms with van der Waals surface area (Å²) in [6.07, 6.45) is 0. The first-order valence-electron chi connectivity index (χ1n) is 7.04. The molecule has 2 heterocycles. The normalized spacial score (nSPS) is 10.8. The van der Waals surface area contributed by atoms with Gasteiger partial charge < -0.3 is 19.2 Å². The van der Waals surface area contributed by atoms with Crippen molar-refractivity contribution in [3.05, 3.63) is 21.7 Å². The van der Waals surface area contributed by atoms with E-state index in [0.717, 1.165) is 6.92 Å². The zero-order chi connectivity index (χ0) is 17.3. The molecule has 0 atom stereocenters. The van der Waals surface area contributed by atoms with Gasteiger partial charge in [-0.3, -0.25) is 4.79 Å². The van der Waals surface area contributed by atoms with Crippen molar-refractivity contribution in [2.75, 3.05) is 6.61 Å². The van der Waals surface area contributed by atoms with E-state index >= 15 is 0 Å². The maximum atomic E-state index is 12.4. The molecule has 0 aliphatic carbocycles. The number of aromatic hydroxyl groups is 1. The summed E-state index contributed by atoms with van der Waals surface area (Å²) in [6.45, 7) is 6.59. The molecule has 0 aromatic carbocycles. The molecule has 0 aliphatic heterocycles. The molecule has 0 aliphatic rings. The number of aromatic nitrogens is 3. The number of pyridine rings is 1. The first-order chi connectivity index (χ1) is 10.8. The Hall–Kier alpha value is -2.84. The fourth-order valence-electron chi connectivity index (χ4n) is 2.33. The Morgan fingerprint density at radius 1 is 1.30 bits per heavy atom. The minimum atomic E-state index is -1.01. The van der Waals surface area contributed by atoms with Gasteiger partial charge in [-0.1, -0.05) is 0 Å². The molecular formula is C14H17N3O6. The fourth-order valence-corrected chi connectivity index (χ4v) is 2.33. The Balaban J connectivity index is 2.94. The summed E-state index contributed by atoms with van der Waals surface area (Å²) in [4.78, 5) is 44.7. The summed E-state index contributed by atoms with van der Waals surface area (Å²) < 4.78 is 6.99. The smallest absolute Gasteiger partial charge is 0.347 e.